The fourth-order valence-electron chi connectivity index (χ4n) is 3.72. The summed E-state index contributed by atoms with van der Waals surface area (Å²) < 4.78 is 0. The van der Waals surface area contributed by atoms with Crippen molar-refractivity contribution < 1.29 is 0 Å². The summed E-state index contributed by atoms with van der Waals surface area (Å²) in [5.74, 6) is 3.58. The Balaban J connectivity index is 1.66. The van der Waals surface area contributed by atoms with Gasteiger partial charge < -0.3 is 10.6 Å². The highest BCUT2D eigenvalue weighted by Gasteiger charge is 2.31. The standard InChI is InChI=1S/C15H26N6/c1-20(2)15-18-13(17-14(16)19-15)10-21-8-7-11-5-3-4-6-12(11)9-21/h11-12H,3-10H2,1-2H3,(H2,16,17,18,19)/t11-,12-/m0/s1. The first-order valence-corrected chi connectivity index (χ1v) is 8.02. The lowest BCUT2D eigenvalue weighted by Gasteiger charge is -2.41. The normalized spacial score (nSPS) is 26.4. The number of nitrogen functional groups attached to an aromatic ring is 1. The van der Waals surface area contributed by atoms with Gasteiger partial charge in [-0.05, 0) is 31.2 Å². The molecule has 0 spiro atoms. The van der Waals surface area contributed by atoms with Gasteiger partial charge in [0.2, 0.25) is 11.9 Å². The van der Waals surface area contributed by atoms with Crippen molar-refractivity contribution in [1.29, 1.82) is 0 Å². The first-order chi connectivity index (χ1) is 10.1. The summed E-state index contributed by atoms with van der Waals surface area (Å²) in [4.78, 5) is 17.3. The van der Waals surface area contributed by atoms with Gasteiger partial charge in [0, 0.05) is 20.6 Å². The van der Waals surface area contributed by atoms with E-state index in [2.05, 4.69) is 19.9 Å². The van der Waals surface area contributed by atoms with E-state index in [1.54, 1.807) is 0 Å². The maximum atomic E-state index is 5.80. The minimum absolute atomic E-state index is 0.316. The molecule has 1 aromatic heterocycles. The predicted molar refractivity (Wildman–Crippen MR) is 83.9 cm³/mol. The van der Waals surface area contributed by atoms with E-state index in [1.165, 1.54) is 38.6 Å². The van der Waals surface area contributed by atoms with Gasteiger partial charge in [-0.15, -0.1) is 0 Å². The number of likely N-dealkylation sites (tertiary alicyclic amines) is 1. The summed E-state index contributed by atoms with van der Waals surface area (Å²) in [7, 11) is 3.85. The SMILES string of the molecule is CN(C)c1nc(N)nc(CN2CC[C@@H]3CCCC[C@H]3C2)n1. The molecular formula is C15H26N6. The van der Waals surface area contributed by atoms with Gasteiger partial charge in [0.15, 0.2) is 0 Å². The monoisotopic (exact) mass is 290 g/mol. The molecule has 0 amide bonds. The van der Waals surface area contributed by atoms with E-state index in [9.17, 15) is 0 Å². The van der Waals surface area contributed by atoms with E-state index >= 15 is 0 Å². The molecule has 2 atom stereocenters. The third kappa shape index (κ3) is 3.43. The van der Waals surface area contributed by atoms with E-state index in [0.717, 1.165) is 30.7 Å². The van der Waals surface area contributed by atoms with Crippen molar-refractivity contribution in [2.45, 2.75) is 38.6 Å². The van der Waals surface area contributed by atoms with Gasteiger partial charge in [0.1, 0.15) is 5.82 Å². The fraction of sp³-hybridized carbons (Fsp3) is 0.800. The minimum atomic E-state index is 0.316. The molecule has 0 radical (unpaired) electrons. The van der Waals surface area contributed by atoms with Crippen LogP contribution in [0.15, 0.2) is 0 Å². The summed E-state index contributed by atoms with van der Waals surface area (Å²) in [6.07, 6.45) is 6.98. The van der Waals surface area contributed by atoms with Gasteiger partial charge in [-0.3, -0.25) is 4.90 Å². The number of rotatable bonds is 3. The molecule has 21 heavy (non-hydrogen) atoms. The maximum absolute atomic E-state index is 5.80. The Bertz CT molecular complexity index is 489. The average Bonchev–Trinajstić information content (AvgIpc) is 2.46. The molecule has 1 aliphatic heterocycles. The van der Waals surface area contributed by atoms with Gasteiger partial charge in [-0.25, -0.2) is 0 Å². The number of fused-ring (bicyclic) bond motifs is 1. The van der Waals surface area contributed by atoms with Crippen LogP contribution in [0.1, 0.15) is 37.9 Å². The molecule has 0 aromatic carbocycles. The number of aromatic nitrogens is 3. The third-order valence-electron chi connectivity index (χ3n) is 4.83. The molecule has 1 aliphatic carbocycles. The largest absolute Gasteiger partial charge is 0.368 e. The van der Waals surface area contributed by atoms with Gasteiger partial charge in [0.05, 0.1) is 6.54 Å². The second-order valence-electron chi connectivity index (χ2n) is 6.63. The van der Waals surface area contributed by atoms with E-state index in [-0.39, 0.29) is 0 Å². The van der Waals surface area contributed by atoms with Crippen LogP contribution < -0.4 is 10.6 Å². The summed E-state index contributed by atoms with van der Waals surface area (Å²) >= 11 is 0. The van der Waals surface area contributed by atoms with Crippen molar-refractivity contribution in [3.63, 3.8) is 0 Å². The van der Waals surface area contributed by atoms with Crippen LogP contribution in [0.3, 0.4) is 0 Å². The van der Waals surface area contributed by atoms with E-state index in [0.29, 0.717) is 11.9 Å². The predicted octanol–water partition coefficient (Wildman–Crippen LogP) is 1.53. The van der Waals surface area contributed by atoms with E-state index in [1.807, 2.05) is 19.0 Å². The third-order valence-corrected chi connectivity index (χ3v) is 4.83. The summed E-state index contributed by atoms with van der Waals surface area (Å²) in [5, 5.41) is 0. The van der Waals surface area contributed by atoms with Crippen LogP contribution in [-0.4, -0.2) is 47.0 Å². The molecule has 0 unspecified atom stereocenters. The summed E-state index contributed by atoms with van der Waals surface area (Å²) in [6.45, 7) is 3.13. The number of nitrogens with two attached hydrogens (primary N) is 1. The lowest BCUT2D eigenvalue weighted by Crippen LogP contribution is -2.41. The van der Waals surface area contributed by atoms with Gasteiger partial charge in [-0.1, -0.05) is 19.3 Å². The number of piperidine rings is 1. The van der Waals surface area contributed by atoms with Crippen LogP contribution in [0.2, 0.25) is 0 Å². The molecule has 2 aliphatic rings. The van der Waals surface area contributed by atoms with Crippen molar-refractivity contribution in [3.05, 3.63) is 5.82 Å². The van der Waals surface area contributed by atoms with Crippen LogP contribution in [-0.2, 0) is 6.54 Å². The highest BCUT2D eigenvalue weighted by molar-refractivity contribution is 5.32. The Hall–Kier alpha value is -1.43. The van der Waals surface area contributed by atoms with Crippen molar-refractivity contribution in [2.24, 2.45) is 11.8 Å². The van der Waals surface area contributed by atoms with Gasteiger partial charge >= 0.3 is 0 Å². The zero-order chi connectivity index (χ0) is 14.8. The molecule has 2 heterocycles. The molecular weight excluding hydrogens is 264 g/mol. The van der Waals surface area contributed by atoms with E-state index in [4.69, 9.17) is 5.73 Å². The Labute approximate surface area is 126 Å². The average molecular weight is 290 g/mol. The molecule has 6 nitrogen and oxygen atoms in total. The Morgan fingerprint density at radius 2 is 1.86 bits per heavy atom. The van der Waals surface area contributed by atoms with Crippen molar-refractivity contribution in [1.82, 2.24) is 19.9 Å². The van der Waals surface area contributed by atoms with Crippen LogP contribution in [0.4, 0.5) is 11.9 Å². The Morgan fingerprint density at radius 3 is 2.62 bits per heavy atom. The van der Waals surface area contributed by atoms with Crippen molar-refractivity contribution in [3.8, 4) is 0 Å². The molecule has 3 rings (SSSR count). The molecule has 1 saturated carbocycles. The molecule has 1 aromatic rings. The number of hydrogen-bond donors (Lipinski definition) is 1. The Morgan fingerprint density at radius 1 is 1.10 bits per heavy atom. The van der Waals surface area contributed by atoms with Crippen molar-refractivity contribution in [2.75, 3.05) is 37.8 Å². The number of nitrogens with zero attached hydrogens (tertiary/aromatic N) is 5. The van der Waals surface area contributed by atoms with Crippen LogP contribution in [0.5, 0.6) is 0 Å². The van der Waals surface area contributed by atoms with Gasteiger partial charge in [-0.2, -0.15) is 15.0 Å². The smallest absolute Gasteiger partial charge is 0.229 e. The Kier molecular flexibility index (Phi) is 4.24. The summed E-state index contributed by atoms with van der Waals surface area (Å²) in [6, 6.07) is 0. The van der Waals surface area contributed by atoms with Crippen LogP contribution >= 0.6 is 0 Å². The highest BCUT2D eigenvalue weighted by Crippen LogP contribution is 2.36. The van der Waals surface area contributed by atoms with Crippen LogP contribution in [0, 0.1) is 11.8 Å². The minimum Gasteiger partial charge on any atom is -0.368 e. The van der Waals surface area contributed by atoms with Gasteiger partial charge in [0.25, 0.3) is 0 Å². The molecule has 1 saturated heterocycles. The maximum Gasteiger partial charge on any atom is 0.229 e. The lowest BCUT2D eigenvalue weighted by atomic mass is 9.75. The first kappa shape index (κ1) is 14.5. The zero-order valence-corrected chi connectivity index (χ0v) is 13.1. The lowest BCUT2D eigenvalue weighted by molar-refractivity contribution is 0.0803. The zero-order valence-electron chi connectivity index (χ0n) is 13.1. The molecule has 0 bridgehead atoms. The molecule has 2 fully saturated rings. The topological polar surface area (TPSA) is 71.2 Å². The fourth-order valence-corrected chi connectivity index (χ4v) is 3.72. The molecule has 6 heteroatoms. The summed E-state index contributed by atoms with van der Waals surface area (Å²) in [5.41, 5.74) is 5.80. The molecule has 2 N–H and O–H groups in total. The number of hydrogen-bond acceptors (Lipinski definition) is 6. The van der Waals surface area contributed by atoms with Crippen LogP contribution in [0.25, 0.3) is 0 Å². The molecule has 116 valence electrons. The second-order valence-corrected chi connectivity index (χ2v) is 6.63. The van der Waals surface area contributed by atoms with E-state index < -0.39 is 0 Å². The second kappa shape index (κ2) is 6.13. The van der Waals surface area contributed by atoms with Crippen molar-refractivity contribution >= 4 is 11.9 Å². The highest BCUT2D eigenvalue weighted by atomic mass is 15.3. The quantitative estimate of drug-likeness (QED) is 0.910. The first-order valence-electron chi connectivity index (χ1n) is 8.02. The number of anilines is 2.